The molecule has 1 aromatic heterocycles. The Labute approximate surface area is 150 Å². The Morgan fingerprint density at radius 2 is 1.72 bits per heavy atom. The highest BCUT2D eigenvalue weighted by Gasteiger charge is 2.11. The van der Waals surface area contributed by atoms with Gasteiger partial charge in [-0.15, -0.1) is 0 Å². The molecule has 0 radical (unpaired) electrons. The van der Waals surface area contributed by atoms with Crippen molar-refractivity contribution in [2.45, 2.75) is 0 Å². The molecule has 0 unspecified atom stereocenters. The maximum atomic E-state index is 14.0. The standard InChI is InChI=1S/C18H14ClFN2O2S/c19-15-5-3-14(4-6-15)9-12-25(23,24)21-18-13-16(7-8-17(18)20)22-10-1-2-11-22/h1-13,21H. The van der Waals surface area contributed by atoms with E-state index in [0.29, 0.717) is 16.3 Å². The molecule has 128 valence electrons. The molecule has 0 fully saturated rings. The molecule has 3 rings (SSSR count). The summed E-state index contributed by atoms with van der Waals surface area (Å²) in [5.74, 6) is -0.653. The van der Waals surface area contributed by atoms with Crippen molar-refractivity contribution < 1.29 is 12.8 Å². The van der Waals surface area contributed by atoms with Crippen LogP contribution in [0.25, 0.3) is 11.8 Å². The van der Waals surface area contributed by atoms with Gasteiger partial charge in [0.1, 0.15) is 5.82 Å². The Morgan fingerprint density at radius 1 is 1.04 bits per heavy atom. The Kier molecular flexibility index (Phi) is 4.92. The van der Waals surface area contributed by atoms with E-state index in [1.54, 1.807) is 47.3 Å². The maximum absolute atomic E-state index is 14.0. The van der Waals surface area contributed by atoms with Crippen LogP contribution in [0.1, 0.15) is 5.56 Å². The molecule has 0 saturated heterocycles. The molecular weight excluding hydrogens is 363 g/mol. The number of benzene rings is 2. The van der Waals surface area contributed by atoms with E-state index in [4.69, 9.17) is 11.6 Å². The van der Waals surface area contributed by atoms with Gasteiger partial charge in [-0.05, 0) is 54.1 Å². The minimum Gasteiger partial charge on any atom is -0.324 e. The molecule has 0 saturated carbocycles. The third kappa shape index (κ3) is 4.49. The second kappa shape index (κ2) is 7.13. The van der Waals surface area contributed by atoms with E-state index in [1.807, 2.05) is 12.1 Å². The van der Waals surface area contributed by atoms with Gasteiger partial charge in [-0.25, -0.2) is 12.8 Å². The fraction of sp³-hybridized carbons (Fsp3) is 0. The van der Waals surface area contributed by atoms with Crippen LogP contribution in [0.15, 0.2) is 72.4 Å². The maximum Gasteiger partial charge on any atom is 0.255 e. The fourth-order valence-corrected chi connectivity index (χ4v) is 3.18. The number of anilines is 1. The van der Waals surface area contributed by atoms with Gasteiger partial charge in [0.15, 0.2) is 0 Å². The summed E-state index contributed by atoms with van der Waals surface area (Å²) in [7, 11) is -3.86. The Hall–Kier alpha value is -2.57. The predicted octanol–water partition coefficient (Wildman–Crippen LogP) is 4.68. The monoisotopic (exact) mass is 376 g/mol. The number of sulfonamides is 1. The van der Waals surface area contributed by atoms with Crippen LogP contribution in [-0.4, -0.2) is 13.0 Å². The second-order valence-electron chi connectivity index (χ2n) is 5.26. The van der Waals surface area contributed by atoms with Gasteiger partial charge in [-0.2, -0.15) is 0 Å². The average Bonchev–Trinajstić information content (AvgIpc) is 3.11. The predicted molar refractivity (Wildman–Crippen MR) is 98.8 cm³/mol. The van der Waals surface area contributed by atoms with Crippen molar-refractivity contribution in [3.05, 3.63) is 88.8 Å². The van der Waals surface area contributed by atoms with Crippen molar-refractivity contribution in [3.63, 3.8) is 0 Å². The number of nitrogens with one attached hydrogen (secondary N) is 1. The molecule has 0 atom stereocenters. The zero-order valence-electron chi connectivity index (χ0n) is 12.9. The number of nitrogens with zero attached hydrogens (tertiary/aromatic N) is 1. The Bertz CT molecular complexity index is 998. The number of hydrogen-bond acceptors (Lipinski definition) is 2. The topological polar surface area (TPSA) is 51.1 Å². The highest BCUT2D eigenvalue weighted by molar-refractivity contribution is 7.95. The largest absolute Gasteiger partial charge is 0.324 e. The summed E-state index contributed by atoms with van der Waals surface area (Å²) in [5, 5.41) is 1.54. The van der Waals surface area contributed by atoms with Gasteiger partial charge in [-0.1, -0.05) is 23.7 Å². The van der Waals surface area contributed by atoms with E-state index in [-0.39, 0.29) is 5.69 Å². The molecular formula is C18H14ClFN2O2S. The van der Waals surface area contributed by atoms with Crippen LogP contribution in [0.4, 0.5) is 10.1 Å². The number of aromatic nitrogens is 1. The minimum absolute atomic E-state index is 0.119. The second-order valence-corrected chi connectivity index (χ2v) is 7.26. The molecule has 0 amide bonds. The first kappa shape index (κ1) is 17.3. The van der Waals surface area contributed by atoms with E-state index in [9.17, 15) is 12.8 Å². The van der Waals surface area contributed by atoms with Crippen LogP contribution in [0.3, 0.4) is 0 Å². The zero-order valence-corrected chi connectivity index (χ0v) is 14.5. The lowest BCUT2D eigenvalue weighted by molar-refractivity contribution is 0.606. The SMILES string of the molecule is O=S(=O)(C=Cc1ccc(Cl)cc1)Nc1cc(-n2cccc2)ccc1F. The molecule has 0 spiro atoms. The molecule has 4 nitrogen and oxygen atoms in total. The van der Waals surface area contributed by atoms with Crippen molar-refractivity contribution in [1.82, 2.24) is 4.57 Å². The van der Waals surface area contributed by atoms with Gasteiger partial charge >= 0.3 is 0 Å². The number of rotatable bonds is 5. The lowest BCUT2D eigenvalue weighted by Gasteiger charge is -2.09. The first-order valence-corrected chi connectivity index (χ1v) is 9.25. The molecule has 2 aromatic carbocycles. The van der Waals surface area contributed by atoms with E-state index in [0.717, 1.165) is 5.41 Å². The Balaban J connectivity index is 1.83. The average molecular weight is 377 g/mol. The minimum atomic E-state index is -3.86. The van der Waals surface area contributed by atoms with Gasteiger partial charge in [0, 0.05) is 23.1 Å². The van der Waals surface area contributed by atoms with Crippen LogP contribution in [0, 0.1) is 5.82 Å². The van der Waals surface area contributed by atoms with Crippen molar-refractivity contribution in [2.24, 2.45) is 0 Å². The highest BCUT2D eigenvalue weighted by atomic mass is 35.5. The molecule has 0 aliphatic heterocycles. The zero-order chi connectivity index (χ0) is 17.9. The highest BCUT2D eigenvalue weighted by Crippen LogP contribution is 2.21. The van der Waals surface area contributed by atoms with E-state index < -0.39 is 15.8 Å². The molecule has 0 bridgehead atoms. The molecule has 0 aliphatic carbocycles. The summed E-state index contributed by atoms with van der Waals surface area (Å²) in [6.45, 7) is 0. The molecule has 25 heavy (non-hydrogen) atoms. The summed E-state index contributed by atoms with van der Waals surface area (Å²) in [5.41, 5.74) is 1.19. The van der Waals surface area contributed by atoms with Crippen LogP contribution in [0.5, 0.6) is 0 Å². The lowest BCUT2D eigenvalue weighted by atomic mass is 10.2. The quantitative estimate of drug-likeness (QED) is 0.702. The van der Waals surface area contributed by atoms with Gasteiger partial charge < -0.3 is 4.57 Å². The summed E-state index contributed by atoms with van der Waals surface area (Å²) in [4.78, 5) is 0. The first-order valence-electron chi connectivity index (χ1n) is 7.32. The molecule has 3 aromatic rings. The van der Waals surface area contributed by atoms with Gasteiger partial charge in [-0.3, -0.25) is 4.72 Å². The van der Waals surface area contributed by atoms with Crippen molar-refractivity contribution in [3.8, 4) is 5.69 Å². The van der Waals surface area contributed by atoms with Crippen LogP contribution in [0.2, 0.25) is 5.02 Å². The van der Waals surface area contributed by atoms with Crippen LogP contribution in [-0.2, 0) is 10.0 Å². The third-order valence-electron chi connectivity index (χ3n) is 3.41. The van der Waals surface area contributed by atoms with Crippen molar-refractivity contribution in [1.29, 1.82) is 0 Å². The van der Waals surface area contributed by atoms with Crippen molar-refractivity contribution >= 4 is 33.4 Å². The summed E-state index contributed by atoms with van der Waals surface area (Å²) in [6.07, 6.45) is 4.98. The lowest BCUT2D eigenvalue weighted by Crippen LogP contribution is -2.10. The molecule has 0 aliphatic rings. The third-order valence-corrected chi connectivity index (χ3v) is 4.67. The number of halogens is 2. The van der Waals surface area contributed by atoms with E-state index >= 15 is 0 Å². The first-order chi connectivity index (χ1) is 11.9. The van der Waals surface area contributed by atoms with Gasteiger partial charge in [0.25, 0.3) is 10.0 Å². The van der Waals surface area contributed by atoms with Gasteiger partial charge in [0.2, 0.25) is 0 Å². The summed E-state index contributed by atoms with van der Waals surface area (Å²) in [6, 6.07) is 14.5. The van der Waals surface area contributed by atoms with Crippen molar-refractivity contribution in [2.75, 3.05) is 4.72 Å². The van der Waals surface area contributed by atoms with Gasteiger partial charge in [0.05, 0.1) is 11.1 Å². The Morgan fingerprint density at radius 3 is 2.40 bits per heavy atom. The van der Waals surface area contributed by atoms with Crippen LogP contribution < -0.4 is 4.72 Å². The van der Waals surface area contributed by atoms with E-state index in [1.165, 1.54) is 18.2 Å². The molecule has 7 heteroatoms. The normalized spacial score (nSPS) is 11.8. The smallest absolute Gasteiger partial charge is 0.255 e. The molecule has 1 N–H and O–H groups in total. The summed E-state index contributed by atoms with van der Waals surface area (Å²) < 4.78 is 42.4. The number of hydrogen-bond donors (Lipinski definition) is 1. The summed E-state index contributed by atoms with van der Waals surface area (Å²) >= 11 is 5.79. The fourth-order valence-electron chi connectivity index (χ4n) is 2.19. The van der Waals surface area contributed by atoms with Crippen LogP contribution >= 0.6 is 11.6 Å². The van der Waals surface area contributed by atoms with E-state index in [2.05, 4.69) is 4.72 Å². The molecule has 1 heterocycles.